The Hall–Kier alpha value is -2.24. The summed E-state index contributed by atoms with van der Waals surface area (Å²) in [5.74, 6) is -0.414. The van der Waals surface area contributed by atoms with Crippen LogP contribution in [-0.4, -0.2) is 38.6 Å². The molecule has 1 aromatic carbocycles. The number of hydrogen-bond acceptors (Lipinski definition) is 5. The van der Waals surface area contributed by atoms with Gasteiger partial charge in [0.15, 0.2) is 0 Å². The van der Waals surface area contributed by atoms with Gasteiger partial charge in [-0.25, -0.2) is 4.79 Å². The molecule has 1 heterocycles. The summed E-state index contributed by atoms with van der Waals surface area (Å²) in [6.07, 6.45) is 0.384. The third-order valence-electron chi connectivity index (χ3n) is 3.10. The lowest BCUT2D eigenvalue weighted by Crippen LogP contribution is -2.30. The maximum absolute atomic E-state index is 11.8. The van der Waals surface area contributed by atoms with Gasteiger partial charge in [0.25, 0.3) is 0 Å². The first-order valence-corrected chi connectivity index (χ1v) is 6.12. The molecule has 6 nitrogen and oxygen atoms in total. The third kappa shape index (κ3) is 2.78. The summed E-state index contributed by atoms with van der Waals surface area (Å²) in [6, 6.07) is 5.13. The Kier molecular flexibility index (Phi) is 3.89. The number of nitrogens with two attached hydrogens (primary N) is 1. The zero-order valence-corrected chi connectivity index (χ0v) is 10.8. The van der Waals surface area contributed by atoms with Crippen molar-refractivity contribution in [3.8, 4) is 0 Å². The molecule has 1 fully saturated rings. The Bertz CT molecular complexity index is 502. The minimum absolute atomic E-state index is 0.0108. The highest BCUT2D eigenvalue weighted by Crippen LogP contribution is 2.29. The number of hydrogen-bond donors (Lipinski definition) is 2. The van der Waals surface area contributed by atoms with Gasteiger partial charge in [0.05, 0.1) is 24.0 Å². The molecule has 2 rings (SSSR count). The molecule has 6 heteroatoms. The van der Waals surface area contributed by atoms with E-state index >= 15 is 0 Å². The van der Waals surface area contributed by atoms with E-state index in [1.807, 2.05) is 4.90 Å². The number of carbonyl (C=O) groups is 2. The van der Waals surface area contributed by atoms with E-state index < -0.39 is 5.97 Å². The van der Waals surface area contributed by atoms with Gasteiger partial charge in [-0.05, 0) is 12.1 Å². The zero-order chi connectivity index (χ0) is 13.8. The fourth-order valence-corrected chi connectivity index (χ4v) is 2.18. The molecule has 0 aliphatic carbocycles. The number of rotatable bonds is 2. The molecule has 1 aliphatic rings. The Labute approximate surface area is 111 Å². The summed E-state index contributed by atoms with van der Waals surface area (Å²) in [7, 11) is 1.34. The number of carbonyl (C=O) groups excluding carboxylic acids is 2. The number of nitrogens with one attached hydrogen (secondary N) is 1. The van der Waals surface area contributed by atoms with Gasteiger partial charge in [-0.3, -0.25) is 4.79 Å². The fraction of sp³-hybridized carbons (Fsp3) is 0.385. The Morgan fingerprint density at radius 2 is 2.21 bits per heavy atom. The van der Waals surface area contributed by atoms with Crippen molar-refractivity contribution in [2.75, 3.05) is 37.4 Å². The van der Waals surface area contributed by atoms with E-state index in [1.54, 1.807) is 18.2 Å². The molecule has 0 atom stereocenters. The topological polar surface area (TPSA) is 84.7 Å². The molecular weight excluding hydrogens is 246 g/mol. The van der Waals surface area contributed by atoms with Crippen molar-refractivity contribution in [3.63, 3.8) is 0 Å². The lowest BCUT2D eigenvalue weighted by molar-refractivity contribution is -0.120. The highest BCUT2D eigenvalue weighted by atomic mass is 16.5. The maximum atomic E-state index is 11.8. The van der Waals surface area contributed by atoms with E-state index in [4.69, 9.17) is 10.5 Å². The van der Waals surface area contributed by atoms with Crippen molar-refractivity contribution in [2.24, 2.45) is 0 Å². The van der Waals surface area contributed by atoms with Crippen molar-refractivity contribution in [3.05, 3.63) is 23.8 Å². The van der Waals surface area contributed by atoms with E-state index in [0.717, 1.165) is 0 Å². The SMILES string of the molecule is COC(=O)c1cccc(N)c1N1CCNC(=O)CC1. The molecule has 3 N–H and O–H groups in total. The standard InChI is InChI=1S/C13H17N3O3/c1-19-13(18)9-3-2-4-10(14)12(9)16-7-5-11(17)15-6-8-16/h2-4H,5-8,14H2,1H3,(H,15,17). The van der Waals surface area contributed by atoms with Gasteiger partial charge in [0, 0.05) is 26.1 Å². The predicted octanol–water partition coefficient (Wildman–Crippen LogP) is 0.382. The van der Waals surface area contributed by atoms with Crippen LogP contribution in [0.15, 0.2) is 18.2 Å². The average molecular weight is 263 g/mol. The molecule has 0 saturated carbocycles. The van der Waals surface area contributed by atoms with Crippen molar-refractivity contribution in [2.45, 2.75) is 6.42 Å². The number of esters is 1. The van der Waals surface area contributed by atoms with Gasteiger partial charge < -0.3 is 20.7 Å². The third-order valence-corrected chi connectivity index (χ3v) is 3.10. The average Bonchev–Trinajstić information content (AvgIpc) is 2.62. The van der Waals surface area contributed by atoms with Crippen LogP contribution in [0.2, 0.25) is 0 Å². The molecule has 19 heavy (non-hydrogen) atoms. The molecule has 0 radical (unpaired) electrons. The lowest BCUT2D eigenvalue weighted by atomic mass is 10.1. The Morgan fingerprint density at radius 3 is 2.95 bits per heavy atom. The van der Waals surface area contributed by atoms with E-state index in [0.29, 0.717) is 43.0 Å². The van der Waals surface area contributed by atoms with E-state index in [2.05, 4.69) is 5.32 Å². The van der Waals surface area contributed by atoms with Gasteiger partial charge >= 0.3 is 5.97 Å². The summed E-state index contributed by atoms with van der Waals surface area (Å²) >= 11 is 0. The van der Waals surface area contributed by atoms with Crippen LogP contribution < -0.4 is 16.0 Å². The molecule has 1 saturated heterocycles. The maximum Gasteiger partial charge on any atom is 0.340 e. The number of nitrogen functional groups attached to an aromatic ring is 1. The van der Waals surface area contributed by atoms with Gasteiger partial charge in [-0.2, -0.15) is 0 Å². The second kappa shape index (κ2) is 5.60. The number of amides is 1. The van der Waals surface area contributed by atoms with Gasteiger partial charge in [0.2, 0.25) is 5.91 Å². The smallest absolute Gasteiger partial charge is 0.340 e. The molecule has 0 bridgehead atoms. The highest BCUT2D eigenvalue weighted by Gasteiger charge is 2.22. The molecule has 0 spiro atoms. The largest absolute Gasteiger partial charge is 0.465 e. The van der Waals surface area contributed by atoms with Crippen LogP contribution in [0, 0.1) is 0 Å². The normalized spacial score (nSPS) is 15.6. The van der Waals surface area contributed by atoms with Crippen molar-refractivity contribution in [1.82, 2.24) is 5.32 Å². The quantitative estimate of drug-likeness (QED) is 0.595. The van der Waals surface area contributed by atoms with E-state index in [9.17, 15) is 9.59 Å². The van der Waals surface area contributed by atoms with Crippen LogP contribution in [0.1, 0.15) is 16.8 Å². The van der Waals surface area contributed by atoms with Crippen LogP contribution in [0.4, 0.5) is 11.4 Å². The summed E-state index contributed by atoms with van der Waals surface area (Å²) in [4.78, 5) is 25.1. The summed E-state index contributed by atoms with van der Waals surface area (Å²) < 4.78 is 4.77. The molecule has 0 unspecified atom stereocenters. The molecule has 1 aromatic rings. The number of para-hydroxylation sites is 1. The summed E-state index contributed by atoms with van der Waals surface area (Å²) in [6.45, 7) is 1.68. The Morgan fingerprint density at radius 1 is 1.42 bits per heavy atom. The molecule has 1 amide bonds. The van der Waals surface area contributed by atoms with Crippen molar-refractivity contribution < 1.29 is 14.3 Å². The minimum atomic E-state index is -0.425. The Balaban J connectivity index is 2.37. The minimum Gasteiger partial charge on any atom is -0.465 e. The first-order valence-electron chi connectivity index (χ1n) is 6.12. The number of benzene rings is 1. The van der Waals surface area contributed by atoms with Crippen LogP contribution in [0.5, 0.6) is 0 Å². The van der Waals surface area contributed by atoms with Crippen LogP contribution in [0.25, 0.3) is 0 Å². The molecular formula is C13H17N3O3. The highest BCUT2D eigenvalue weighted by molar-refractivity contribution is 5.99. The number of anilines is 2. The summed E-state index contributed by atoms with van der Waals surface area (Å²) in [5.41, 5.74) is 7.56. The van der Waals surface area contributed by atoms with Gasteiger partial charge in [-0.1, -0.05) is 6.07 Å². The second-order valence-corrected chi connectivity index (χ2v) is 4.32. The monoisotopic (exact) mass is 263 g/mol. The molecule has 0 aromatic heterocycles. The van der Waals surface area contributed by atoms with Gasteiger partial charge in [0.1, 0.15) is 0 Å². The molecule has 1 aliphatic heterocycles. The predicted molar refractivity (Wildman–Crippen MR) is 72.0 cm³/mol. The van der Waals surface area contributed by atoms with Gasteiger partial charge in [-0.15, -0.1) is 0 Å². The zero-order valence-electron chi connectivity index (χ0n) is 10.8. The second-order valence-electron chi connectivity index (χ2n) is 4.32. The van der Waals surface area contributed by atoms with Crippen LogP contribution in [0.3, 0.4) is 0 Å². The van der Waals surface area contributed by atoms with E-state index in [1.165, 1.54) is 7.11 Å². The molecule has 102 valence electrons. The number of methoxy groups -OCH3 is 1. The van der Waals surface area contributed by atoms with E-state index in [-0.39, 0.29) is 5.91 Å². The van der Waals surface area contributed by atoms with Crippen molar-refractivity contribution in [1.29, 1.82) is 0 Å². The first kappa shape index (κ1) is 13.2. The fourth-order valence-electron chi connectivity index (χ4n) is 2.18. The number of nitrogens with zero attached hydrogens (tertiary/aromatic N) is 1. The van der Waals surface area contributed by atoms with Crippen LogP contribution >= 0.6 is 0 Å². The van der Waals surface area contributed by atoms with Crippen molar-refractivity contribution >= 4 is 23.3 Å². The lowest BCUT2D eigenvalue weighted by Gasteiger charge is -2.25. The number of ether oxygens (including phenoxy) is 1. The van der Waals surface area contributed by atoms with Crippen LogP contribution in [-0.2, 0) is 9.53 Å². The summed E-state index contributed by atoms with van der Waals surface area (Å²) in [5, 5.41) is 2.79. The first-order chi connectivity index (χ1) is 9.13.